The number of methoxy groups -OCH3 is 1. The van der Waals surface area contributed by atoms with Gasteiger partial charge in [0.2, 0.25) is 0 Å². The maximum absolute atomic E-state index is 14.5. The number of carbonyl (C=O) groups excluding carboxylic acids is 1. The van der Waals surface area contributed by atoms with Gasteiger partial charge in [0.25, 0.3) is 0 Å². The van der Waals surface area contributed by atoms with E-state index in [0.717, 1.165) is 6.26 Å². The van der Waals surface area contributed by atoms with Gasteiger partial charge >= 0.3 is 5.97 Å². The van der Waals surface area contributed by atoms with E-state index >= 15 is 0 Å². The summed E-state index contributed by atoms with van der Waals surface area (Å²) in [6, 6.07) is 3.71. The molecule has 21 nitrogen and oxygen atoms in total. The maximum Gasteiger partial charge on any atom is 0.311 e. The van der Waals surface area contributed by atoms with Crippen LogP contribution in [0, 0.1) is 17.8 Å². The molecule has 0 radical (unpaired) electrons. The van der Waals surface area contributed by atoms with Crippen molar-refractivity contribution in [3.63, 3.8) is 0 Å². The second-order valence-corrected chi connectivity index (χ2v) is 24.2. The molecule has 0 bridgehead atoms. The molecule has 22 heteroatoms. The number of sulfone groups is 1. The highest BCUT2D eigenvalue weighted by atomic mass is 32.2. The van der Waals surface area contributed by atoms with Crippen molar-refractivity contribution in [3.8, 4) is 0 Å². The van der Waals surface area contributed by atoms with E-state index in [2.05, 4.69) is 10.3 Å². The summed E-state index contributed by atoms with van der Waals surface area (Å²) in [5.74, 6) is -2.94. The Kier molecular flexibility index (Phi) is 20.7. The van der Waals surface area contributed by atoms with E-state index in [1.165, 1.54) is 43.0 Å². The van der Waals surface area contributed by atoms with Gasteiger partial charge in [-0.3, -0.25) is 4.79 Å². The number of cyclic esters (lactones) is 1. The number of aliphatic hydroxyl groups excluding tert-OH is 5. The van der Waals surface area contributed by atoms with Crippen LogP contribution in [0.25, 0.3) is 0 Å². The Morgan fingerprint density at radius 3 is 2.21 bits per heavy atom. The number of esters is 1. The lowest BCUT2D eigenvalue weighted by molar-refractivity contribution is -0.318. The zero-order valence-corrected chi connectivity index (χ0v) is 46.1. The van der Waals surface area contributed by atoms with Crippen molar-refractivity contribution in [1.29, 1.82) is 0 Å². The molecule has 4 heterocycles. The fourth-order valence-corrected chi connectivity index (χ4v) is 11.8. The lowest BCUT2D eigenvalue weighted by Crippen LogP contribution is -2.61. The smallest absolute Gasteiger partial charge is 0.311 e. The molecular formula is C51H87N5O16S. The number of carbonyl (C=O) groups is 1. The summed E-state index contributed by atoms with van der Waals surface area (Å²) in [4.78, 5) is 18.4. The number of aromatic nitrogens is 3. The summed E-state index contributed by atoms with van der Waals surface area (Å²) in [5.41, 5.74) is -3.71. The van der Waals surface area contributed by atoms with Crippen LogP contribution in [0.4, 0.5) is 0 Å². The molecule has 0 unspecified atom stereocenters. The molecule has 73 heavy (non-hydrogen) atoms. The van der Waals surface area contributed by atoms with E-state index in [1.807, 2.05) is 37.7 Å². The Morgan fingerprint density at radius 2 is 1.62 bits per heavy atom. The largest absolute Gasteiger partial charge is 0.459 e. The van der Waals surface area contributed by atoms with Crippen LogP contribution in [0.15, 0.2) is 35.4 Å². The van der Waals surface area contributed by atoms with Crippen molar-refractivity contribution in [1.82, 2.24) is 24.8 Å². The summed E-state index contributed by atoms with van der Waals surface area (Å²) >= 11 is 0. The average Bonchev–Trinajstić information content (AvgIpc) is 3.80. The number of aliphatic hydroxyl groups is 7. The third kappa shape index (κ3) is 14.2. The van der Waals surface area contributed by atoms with Crippen LogP contribution in [0.5, 0.6) is 0 Å². The third-order valence-electron chi connectivity index (χ3n) is 15.9. The molecule has 3 saturated heterocycles. The number of hydrogen-bond acceptors (Lipinski definition) is 20. The summed E-state index contributed by atoms with van der Waals surface area (Å²) in [7, 11) is 1.70. The molecule has 0 saturated carbocycles. The topological polar surface area (TPSA) is 285 Å². The van der Waals surface area contributed by atoms with Crippen molar-refractivity contribution in [3.05, 3.63) is 41.7 Å². The fourth-order valence-electron chi connectivity index (χ4n) is 11.2. The molecule has 7 N–H and O–H groups in total. The molecular weight excluding hydrogens is 971 g/mol. The van der Waals surface area contributed by atoms with Gasteiger partial charge in [-0.15, -0.1) is 5.10 Å². The first kappa shape index (κ1) is 61.1. The zero-order chi connectivity index (χ0) is 54.7. The van der Waals surface area contributed by atoms with Crippen LogP contribution in [0.1, 0.15) is 118 Å². The first-order chi connectivity index (χ1) is 33.9. The first-order valence-corrected chi connectivity index (χ1v) is 27.6. The Balaban J connectivity index is 1.44. The highest BCUT2D eigenvalue weighted by Gasteiger charge is 2.53. The molecule has 0 aliphatic carbocycles. The fraction of sp³-hybridized carbons (Fsp3) is 0.824. The molecule has 0 amide bonds. The Morgan fingerprint density at radius 1 is 0.973 bits per heavy atom. The van der Waals surface area contributed by atoms with E-state index < -0.39 is 137 Å². The molecule has 0 spiro atoms. The van der Waals surface area contributed by atoms with Gasteiger partial charge in [0.1, 0.15) is 42.2 Å². The number of nitrogens with zero attached hydrogens (tertiary/aromatic N) is 5. The summed E-state index contributed by atoms with van der Waals surface area (Å²) in [5, 5.41) is 89.6. The standard InChI is InChI=1S/C51H87N5O16S/c1-15-39-51(10,64)44(60)32(6)55(12)25-28(2)23-49(8,63)46(30(4)43(31(5)47(62)70-39)71-40-24-50(9,67-13)45(61)33(7)69-40)72-48-42(59)37(22-29(3)68-48)54(11)21-20-35-26-56(53-52-35)38(27-57)41(58)34-16-18-36(19-17-34)73(14,65)66/h16-19,26,28-33,37-46,48,57-61,63-64H,15,20-25,27H2,1-14H3/t28-,29-,30+,31-,32-,33+,37+,38+,39-,40+,41+,42-,43+,44-,45+,46-,48+,49-,50-,51-/m1/s1. The van der Waals surface area contributed by atoms with E-state index in [4.69, 9.17) is 28.4 Å². The number of benzene rings is 1. The minimum Gasteiger partial charge on any atom is -0.459 e. The van der Waals surface area contributed by atoms with E-state index in [0.29, 0.717) is 37.2 Å². The van der Waals surface area contributed by atoms with Crippen molar-refractivity contribution in [2.24, 2.45) is 17.8 Å². The molecule has 2 aromatic rings. The predicted octanol–water partition coefficient (Wildman–Crippen LogP) is 1.78. The van der Waals surface area contributed by atoms with Crippen LogP contribution < -0.4 is 0 Å². The molecule has 5 rings (SSSR count). The average molecular weight is 1060 g/mol. The Hall–Kier alpha value is -2.78. The van der Waals surface area contributed by atoms with Gasteiger partial charge in [0, 0.05) is 63.5 Å². The van der Waals surface area contributed by atoms with Crippen LogP contribution in [0.3, 0.4) is 0 Å². The monoisotopic (exact) mass is 1060 g/mol. The SMILES string of the molecule is CC[C@H]1OC(=O)[C@H](C)[C@@H](O[C@H]2C[C@@](C)(OC)[C@@H](O)[C@H](C)O2)[C@H](C)[C@@H](O[C@@H]2O[C@H](C)C[C@H](N(C)CCc3cn([C@@H](CO)[C@@H](O)c4ccc(S(C)(=O)=O)cc4)nn3)[C@H]2O)[C@](C)(O)C[C@@H](C)CN(C)[C@H](C)[C@@H](O)[C@]1(C)O. The number of hydrogen-bond donors (Lipinski definition) is 7. The quantitative estimate of drug-likeness (QED) is 0.125. The lowest BCUT2D eigenvalue weighted by Gasteiger charge is -2.49. The number of rotatable bonds is 15. The van der Waals surface area contributed by atoms with Crippen LogP contribution in [-0.2, 0) is 49.5 Å². The first-order valence-electron chi connectivity index (χ1n) is 25.7. The van der Waals surface area contributed by atoms with Crippen LogP contribution >= 0.6 is 0 Å². The molecule has 1 aromatic carbocycles. The second kappa shape index (κ2) is 24.7. The normalized spacial score (nSPS) is 39.9. The lowest BCUT2D eigenvalue weighted by atomic mass is 9.77. The van der Waals surface area contributed by atoms with Gasteiger partial charge in [0.05, 0.1) is 58.7 Å². The van der Waals surface area contributed by atoms with E-state index in [-0.39, 0.29) is 30.1 Å². The van der Waals surface area contributed by atoms with E-state index in [1.54, 1.807) is 54.7 Å². The summed E-state index contributed by atoms with van der Waals surface area (Å²) in [6.07, 6.45) is -7.87. The molecule has 3 aliphatic rings. The molecule has 3 fully saturated rings. The van der Waals surface area contributed by atoms with Crippen LogP contribution in [0.2, 0.25) is 0 Å². The second-order valence-electron chi connectivity index (χ2n) is 22.2. The van der Waals surface area contributed by atoms with E-state index in [9.17, 15) is 49.0 Å². The van der Waals surface area contributed by atoms with Gasteiger partial charge in [-0.1, -0.05) is 38.1 Å². The summed E-state index contributed by atoms with van der Waals surface area (Å²) in [6.45, 7) is 17.6. The van der Waals surface area contributed by atoms with Gasteiger partial charge in [-0.2, -0.15) is 0 Å². The van der Waals surface area contributed by atoms with Crippen molar-refractivity contribution >= 4 is 15.8 Å². The zero-order valence-electron chi connectivity index (χ0n) is 45.3. The number of likely N-dealkylation sites (N-methyl/N-ethyl adjacent to an activating group) is 2. The minimum atomic E-state index is -3.45. The van der Waals surface area contributed by atoms with Crippen molar-refractivity contribution in [2.45, 2.75) is 209 Å². The van der Waals surface area contributed by atoms with Crippen molar-refractivity contribution in [2.75, 3.05) is 47.2 Å². The van der Waals surface area contributed by atoms with Gasteiger partial charge in [-0.25, -0.2) is 13.1 Å². The highest BCUT2D eigenvalue weighted by molar-refractivity contribution is 7.90. The van der Waals surface area contributed by atoms with Crippen molar-refractivity contribution < 1.29 is 77.4 Å². The molecule has 1 aromatic heterocycles. The minimum absolute atomic E-state index is 0.0707. The predicted molar refractivity (Wildman–Crippen MR) is 267 cm³/mol. The Bertz CT molecular complexity index is 2190. The van der Waals surface area contributed by atoms with Gasteiger partial charge < -0.3 is 74.0 Å². The molecule has 20 atom stereocenters. The number of ether oxygens (including phenoxy) is 6. The molecule has 3 aliphatic heterocycles. The highest BCUT2D eigenvalue weighted by Crippen LogP contribution is 2.40. The van der Waals surface area contributed by atoms with Gasteiger partial charge in [0.15, 0.2) is 22.4 Å². The third-order valence-corrected chi connectivity index (χ3v) is 17.1. The summed E-state index contributed by atoms with van der Waals surface area (Å²) < 4.78 is 63.5. The maximum atomic E-state index is 14.5. The van der Waals surface area contributed by atoms with Gasteiger partial charge in [-0.05, 0) is 105 Å². The Labute approximate surface area is 432 Å². The molecule has 418 valence electrons. The van der Waals surface area contributed by atoms with Crippen LogP contribution in [-0.4, -0.2) is 212 Å².